The summed E-state index contributed by atoms with van der Waals surface area (Å²) in [5.74, 6) is 0.275. The van der Waals surface area contributed by atoms with Crippen LogP contribution in [0.3, 0.4) is 0 Å². The quantitative estimate of drug-likeness (QED) is 0.845. The fraction of sp³-hybridized carbons (Fsp3) is 0.385. The molecule has 0 atom stereocenters. The number of carbonyl (C=O) groups is 2. The third kappa shape index (κ3) is 6.25. The van der Waals surface area contributed by atoms with Gasteiger partial charge in [0.05, 0.1) is 4.47 Å². The predicted molar refractivity (Wildman–Crippen MR) is 81.0 cm³/mol. The minimum absolute atomic E-state index is 0.255. The highest BCUT2D eigenvalue weighted by atomic mass is 79.9. The molecular formula is C13H16BrClN2O3. The first kappa shape index (κ1) is 16.8. The van der Waals surface area contributed by atoms with Crippen molar-refractivity contribution in [3.8, 4) is 5.75 Å². The summed E-state index contributed by atoms with van der Waals surface area (Å²) in [7, 11) is 0. The SMILES string of the molecule is CC(C)CNC(=O)NC(=O)COc1ccc(Cl)cc1Br. The molecule has 0 saturated carbocycles. The van der Waals surface area contributed by atoms with Crippen LogP contribution < -0.4 is 15.4 Å². The first-order valence-electron chi connectivity index (χ1n) is 6.04. The average molecular weight is 364 g/mol. The number of nitrogens with one attached hydrogen (secondary N) is 2. The molecule has 7 heteroatoms. The molecule has 2 N–H and O–H groups in total. The Bertz CT molecular complexity index is 495. The van der Waals surface area contributed by atoms with E-state index < -0.39 is 11.9 Å². The maximum absolute atomic E-state index is 11.5. The molecule has 0 aliphatic rings. The molecular weight excluding hydrogens is 348 g/mol. The second kappa shape index (κ2) is 8.11. The third-order valence-corrected chi connectivity index (χ3v) is 3.03. The largest absolute Gasteiger partial charge is 0.483 e. The van der Waals surface area contributed by atoms with Crippen molar-refractivity contribution in [1.82, 2.24) is 10.6 Å². The zero-order chi connectivity index (χ0) is 15.1. The summed E-state index contributed by atoms with van der Waals surface area (Å²) < 4.78 is 5.92. The third-order valence-electron chi connectivity index (χ3n) is 2.18. The van der Waals surface area contributed by atoms with E-state index in [1.807, 2.05) is 13.8 Å². The maximum Gasteiger partial charge on any atom is 0.321 e. The fourth-order valence-corrected chi connectivity index (χ4v) is 2.04. The van der Waals surface area contributed by atoms with Gasteiger partial charge in [0, 0.05) is 11.6 Å². The first-order valence-corrected chi connectivity index (χ1v) is 7.21. The van der Waals surface area contributed by atoms with Crippen LogP contribution in [0.2, 0.25) is 5.02 Å². The number of hydrogen-bond acceptors (Lipinski definition) is 3. The standard InChI is InChI=1S/C13H16BrClN2O3/c1-8(2)6-16-13(19)17-12(18)7-20-11-4-3-9(15)5-10(11)14/h3-5,8H,6-7H2,1-2H3,(H2,16,17,18,19). The van der Waals surface area contributed by atoms with E-state index >= 15 is 0 Å². The van der Waals surface area contributed by atoms with Crippen LogP contribution in [0.5, 0.6) is 5.75 Å². The summed E-state index contributed by atoms with van der Waals surface area (Å²) in [5.41, 5.74) is 0. The normalized spacial score (nSPS) is 10.2. The van der Waals surface area contributed by atoms with Gasteiger partial charge in [-0.1, -0.05) is 25.4 Å². The second-order valence-electron chi connectivity index (χ2n) is 4.52. The van der Waals surface area contributed by atoms with Crippen molar-refractivity contribution in [3.05, 3.63) is 27.7 Å². The van der Waals surface area contributed by atoms with E-state index in [-0.39, 0.29) is 6.61 Å². The van der Waals surface area contributed by atoms with Crippen molar-refractivity contribution in [2.45, 2.75) is 13.8 Å². The van der Waals surface area contributed by atoms with Gasteiger partial charge in [0.25, 0.3) is 5.91 Å². The van der Waals surface area contributed by atoms with Gasteiger partial charge in [-0.2, -0.15) is 0 Å². The Labute approximate surface area is 131 Å². The zero-order valence-corrected chi connectivity index (χ0v) is 13.5. The molecule has 0 saturated heterocycles. The smallest absolute Gasteiger partial charge is 0.321 e. The van der Waals surface area contributed by atoms with Gasteiger partial charge in [-0.15, -0.1) is 0 Å². The summed E-state index contributed by atoms with van der Waals surface area (Å²) in [6, 6.07) is 4.42. The second-order valence-corrected chi connectivity index (χ2v) is 5.81. The van der Waals surface area contributed by atoms with Crippen LogP contribution in [-0.4, -0.2) is 25.1 Å². The molecule has 0 spiro atoms. The van der Waals surface area contributed by atoms with Crippen LogP contribution in [0.4, 0.5) is 4.79 Å². The molecule has 0 fully saturated rings. The summed E-state index contributed by atoms with van der Waals surface area (Å²) >= 11 is 9.06. The topological polar surface area (TPSA) is 67.4 Å². The number of benzene rings is 1. The van der Waals surface area contributed by atoms with E-state index in [4.69, 9.17) is 16.3 Å². The highest BCUT2D eigenvalue weighted by molar-refractivity contribution is 9.10. The molecule has 1 aromatic rings. The van der Waals surface area contributed by atoms with Crippen molar-refractivity contribution >= 4 is 39.5 Å². The highest BCUT2D eigenvalue weighted by Crippen LogP contribution is 2.27. The van der Waals surface area contributed by atoms with Gasteiger partial charge in [0.2, 0.25) is 0 Å². The van der Waals surface area contributed by atoms with Crippen LogP contribution in [-0.2, 0) is 4.79 Å². The number of amides is 3. The molecule has 3 amide bonds. The van der Waals surface area contributed by atoms with Gasteiger partial charge in [0.1, 0.15) is 5.75 Å². The van der Waals surface area contributed by atoms with Gasteiger partial charge in [-0.3, -0.25) is 10.1 Å². The minimum Gasteiger partial charge on any atom is -0.483 e. The summed E-state index contributed by atoms with van der Waals surface area (Å²) in [5, 5.41) is 5.32. The Morgan fingerprint density at radius 3 is 2.70 bits per heavy atom. The molecule has 5 nitrogen and oxygen atoms in total. The molecule has 20 heavy (non-hydrogen) atoms. The number of ether oxygens (including phenoxy) is 1. The molecule has 1 aromatic carbocycles. The van der Waals surface area contributed by atoms with E-state index in [9.17, 15) is 9.59 Å². The number of imide groups is 1. The lowest BCUT2D eigenvalue weighted by atomic mass is 10.2. The van der Waals surface area contributed by atoms with Gasteiger partial charge in [-0.05, 0) is 40.0 Å². The lowest BCUT2D eigenvalue weighted by Crippen LogP contribution is -2.42. The molecule has 0 radical (unpaired) electrons. The number of hydrogen-bond donors (Lipinski definition) is 2. The number of rotatable bonds is 5. The summed E-state index contributed by atoms with van der Waals surface area (Å²) in [6.07, 6.45) is 0. The first-order chi connectivity index (χ1) is 9.38. The van der Waals surface area contributed by atoms with Gasteiger partial charge < -0.3 is 10.1 Å². The van der Waals surface area contributed by atoms with Crippen molar-refractivity contribution in [2.75, 3.05) is 13.2 Å². The highest BCUT2D eigenvalue weighted by Gasteiger charge is 2.10. The Kier molecular flexibility index (Phi) is 6.81. The lowest BCUT2D eigenvalue weighted by molar-refractivity contribution is -0.122. The number of halogens is 2. The van der Waals surface area contributed by atoms with Crippen molar-refractivity contribution in [3.63, 3.8) is 0 Å². The van der Waals surface area contributed by atoms with Crippen LogP contribution in [0.1, 0.15) is 13.8 Å². The van der Waals surface area contributed by atoms with Crippen molar-refractivity contribution in [2.24, 2.45) is 5.92 Å². The monoisotopic (exact) mass is 362 g/mol. The Balaban J connectivity index is 2.38. The molecule has 1 rings (SSSR count). The molecule has 0 unspecified atom stereocenters. The summed E-state index contributed by atoms with van der Waals surface area (Å²) in [6.45, 7) is 4.17. The van der Waals surface area contributed by atoms with E-state index in [0.717, 1.165) is 0 Å². The Morgan fingerprint density at radius 2 is 2.10 bits per heavy atom. The summed E-state index contributed by atoms with van der Waals surface area (Å²) in [4.78, 5) is 22.9. The molecule has 0 aliphatic carbocycles. The molecule has 0 bridgehead atoms. The van der Waals surface area contributed by atoms with E-state index in [1.54, 1.807) is 18.2 Å². The average Bonchev–Trinajstić information content (AvgIpc) is 2.35. The van der Waals surface area contributed by atoms with Crippen LogP contribution in [0.25, 0.3) is 0 Å². The van der Waals surface area contributed by atoms with E-state index in [2.05, 4.69) is 26.6 Å². The minimum atomic E-state index is -0.525. The van der Waals surface area contributed by atoms with E-state index in [1.165, 1.54) is 0 Å². The van der Waals surface area contributed by atoms with E-state index in [0.29, 0.717) is 27.7 Å². The van der Waals surface area contributed by atoms with Gasteiger partial charge in [-0.25, -0.2) is 4.79 Å². The zero-order valence-electron chi connectivity index (χ0n) is 11.2. The van der Waals surface area contributed by atoms with Crippen LogP contribution in [0.15, 0.2) is 22.7 Å². The van der Waals surface area contributed by atoms with Crippen LogP contribution in [0, 0.1) is 5.92 Å². The number of carbonyl (C=O) groups excluding carboxylic acids is 2. The predicted octanol–water partition coefficient (Wildman–Crippen LogP) is 2.96. The van der Waals surface area contributed by atoms with Crippen LogP contribution >= 0.6 is 27.5 Å². The lowest BCUT2D eigenvalue weighted by Gasteiger charge is -2.10. The van der Waals surface area contributed by atoms with Gasteiger partial charge >= 0.3 is 6.03 Å². The molecule has 110 valence electrons. The fourth-order valence-electron chi connectivity index (χ4n) is 1.24. The molecule has 0 aliphatic heterocycles. The molecule has 0 aromatic heterocycles. The number of urea groups is 1. The Hall–Kier alpha value is -1.27. The molecule has 0 heterocycles. The van der Waals surface area contributed by atoms with Crippen molar-refractivity contribution in [1.29, 1.82) is 0 Å². The van der Waals surface area contributed by atoms with Crippen molar-refractivity contribution < 1.29 is 14.3 Å². The Morgan fingerprint density at radius 1 is 1.40 bits per heavy atom. The maximum atomic E-state index is 11.5. The van der Waals surface area contributed by atoms with Gasteiger partial charge in [0.15, 0.2) is 6.61 Å².